The van der Waals surface area contributed by atoms with Gasteiger partial charge in [-0.1, -0.05) is 67.4 Å². The van der Waals surface area contributed by atoms with E-state index in [1.54, 1.807) is 17.0 Å². The molecule has 40 heavy (non-hydrogen) atoms. The van der Waals surface area contributed by atoms with Gasteiger partial charge in [0.25, 0.3) is 5.56 Å². The van der Waals surface area contributed by atoms with Gasteiger partial charge in [0.05, 0.1) is 30.2 Å². The third-order valence-electron chi connectivity index (χ3n) is 9.51. The minimum absolute atomic E-state index is 0.0146. The lowest BCUT2D eigenvalue weighted by Gasteiger charge is -2.53. The molecule has 3 aromatic rings. The standard InChI is InChI=1S/C32H39N5O3/c1-24-9-5-6-12-26(24)27-19-29(38)36(23-34-27)22-32(40)15-17-35(21-31(32)13-7-8-14-31)30(39)37-18-16-33-20-28(37)25-10-3-2-4-11-25/h2-6,9-12,19,23,28,33,40H,7-8,13-18,20-22H2,1H3/t28-,32+/m0/s1. The average molecular weight is 542 g/mol. The zero-order chi connectivity index (χ0) is 27.7. The number of amides is 2. The molecule has 3 fully saturated rings. The average Bonchev–Trinajstić information content (AvgIpc) is 3.46. The van der Waals surface area contributed by atoms with Crippen molar-refractivity contribution >= 4 is 6.03 Å². The molecule has 1 aromatic heterocycles. The Kier molecular flexibility index (Phi) is 7.23. The zero-order valence-corrected chi connectivity index (χ0v) is 23.3. The van der Waals surface area contributed by atoms with Gasteiger partial charge in [-0.05, 0) is 37.3 Å². The van der Waals surface area contributed by atoms with Gasteiger partial charge in [-0.25, -0.2) is 9.78 Å². The molecule has 2 atom stereocenters. The highest BCUT2D eigenvalue weighted by molar-refractivity contribution is 5.75. The lowest BCUT2D eigenvalue weighted by Crippen LogP contribution is -2.64. The molecule has 2 saturated heterocycles. The monoisotopic (exact) mass is 541 g/mol. The Morgan fingerprint density at radius 2 is 1.80 bits per heavy atom. The molecule has 1 aliphatic carbocycles. The number of nitrogens with zero attached hydrogens (tertiary/aromatic N) is 4. The summed E-state index contributed by atoms with van der Waals surface area (Å²) in [5, 5.41) is 15.7. The highest BCUT2D eigenvalue weighted by Crippen LogP contribution is 2.51. The van der Waals surface area contributed by atoms with Gasteiger partial charge in [-0.15, -0.1) is 0 Å². The lowest BCUT2D eigenvalue weighted by atomic mass is 9.66. The van der Waals surface area contributed by atoms with E-state index in [-0.39, 0.29) is 24.2 Å². The number of rotatable bonds is 4. The SMILES string of the molecule is Cc1ccccc1-c1cc(=O)n(C[C@]2(O)CCN(C(=O)N3CCNC[C@H]3c3ccccc3)CC23CCCC3)cn1. The smallest absolute Gasteiger partial charge is 0.320 e. The largest absolute Gasteiger partial charge is 0.387 e. The third kappa shape index (κ3) is 4.84. The molecule has 8 heteroatoms. The first-order valence-corrected chi connectivity index (χ1v) is 14.6. The van der Waals surface area contributed by atoms with E-state index in [0.717, 1.165) is 55.5 Å². The van der Waals surface area contributed by atoms with E-state index in [4.69, 9.17) is 0 Å². The molecule has 210 valence electrons. The van der Waals surface area contributed by atoms with E-state index < -0.39 is 11.0 Å². The minimum atomic E-state index is -1.09. The molecule has 2 N–H and O–H groups in total. The highest BCUT2D eigenvalue weighted by atomic mass is 16.3. The van der Waals surface area contributed by atoms with Crippen LogP contribution in [-0.2, 0) is 6.54 Å². The number of benzene rings is 2. The minimum Gasteiger partial charge on any atom is -0.387 e. The fraction of sp³-hybridized carbons (Fsp3) is 0.469. The summed E-state index contributed by atoms with van der Waals surface area (Å²) in [5.41, 5.74) is 2.08. The Labute approximate surface area is 235 Å². The van der Waals surface area contributed by atoms with Crippen LogP contribution in [-0.4, -0.2) is 68.8 Å². The van der Waals surface area contributed by atoms with Crippen molar-refractivity contribution < 1.29 is 9.90 Å². The second-order valence-corrected chi connectivity index (χ2v) is 11.9. The first kappa shape index (κ1) is 26.7. The first-order chi connectivity index (χ1) is 19.4. The van der Waals surface area contributed by atoms with Gasteiger partial charge in [0.2, 0.25) is 0 Å². The summed E-state index contributed by atoms with van der Waals surface area (Å²) in [6.07, 6.45) is 5.75. The van der Waals surface area contributed by atoms with Crippen molar-refractivity contribution in [2.45, 2.75) is 57.2 Å². The van der Waals surface area contributed by atoms with Crippen molar-refractivity contribution in [3.63, 3.8) is 0 Å². The number of likely N-dealkylation sites (tertiary alicyclic amines) is 1. The molecule has 3 aliphatic rings. The van der Waals surface area contributed by atoms with Gasteiger partial charge in [0.1, 0.15) is 0 Å². The number of carbonyl (C=O) groups excluding carboxylic acids is 1. The van der Waals surface area contributed by atoms with Crippen LogP contribution in [0.1, 0.15) is 49.3 Å². The number of aliphatic hydroxyl groups is 1. The van der Waals surface area contributed by atoms with Crippen molar-refractivity contribution in [1.29, 1.82) is 0 Å². The number of piperazine rings is 1. The predicted molar refractivity (Wildman–Crippen MR) is 155 cm³/mol. The lowest BCUT2D eigenvalue weighted by molar-refractivity contribution is -0.137. The van der Waals surface area contributed by atoms with Crippen LogP contribution in [0.4, 0.5) is 4.79 Å². The van der Waals surface area contributed by atoms with Crippen LogP contribution in [0.2, 0.25) is 0 Å². The van der Waals surface area contributed by atoms with E-state index >= 15 is 0 Å². The van der Waals surface area contributed by atoms with Crippen LogP contribution < -0.4 is 10.9 Å². The van der Waals surface area contributed by atoms with Crippen molar-refractivity contribution in [2.24, 2.45) is 5.41 Å². The summed E-state index contributed by atoms with van der Waals surface area (Å²) in [6, 6.07) is 19.7. The fourth-order valence-corrected chi connectivity index (χ4v) is 7.18. The molecule has 2 aliphatic heterocycles. The molecule has 0 radical (unpaired) electrons. The topological polar surface area (TPSA) is 90.7 Å². The van der Waals surface area contributed by atoms with E-state index in [2.05, 4.69) is 22.4 Å². The van der Waals surface area contributed by atoms with E-state index in [1.807, 2.05) is 59.2 Å². The van der Waals surface area contributed by atoms with Crippen molar-refractivity contribution in [3.8, 4) is 11.3 Å². The Morgan fingerprint density at radius 1 is 1.05 bits per heavy atom. The zero-order valence-electron chi connectivity index (χ0n) is 23.3. The Bertz CT molecular complexity index is 1420. The second kappa shape index (κ2) is 10.8. The maximum atomic E-state index is 14.0. The van der Waals surface area contributed by atoms with Crippen LogP contribution in [0.15, 0.2) is 71.8 Å². The molecular weight excluding hydrogens is 502 g/mol. The summed E-state index contributed by atoms with van der Waals surface area (Å²) in [6.45, 7) is 5.32. The highest BCUT2D eigenvalue weighted by Gasteiger charge is 2.56. The fourth-order valence-electron chi connectivity index (χ4n) is 7.18. The quantitative estimate of drug-likeness (QED) is 0.522. The number of hydrogen-bond donors (Lipinski definition) is 2. The van der Waals surface area contributed by atoms with Gasteiger partial charge in [-0.3, -0.25) is 9.36 Å². The number of carbonyl (C=O) groups is 1. The van der Waals surface area contributed by atoms with Gasteiger partial charge in [0.15, 0.2) is 0 Å². The van der Waals surface area contributed by atoms with Crippen LogP contribution in [0.5, 0.6) is 0 Å². The third-order valence-corrected chi connectivity index (χ3v) is 9.51. The summed E-state index contributed by atoms with van der Waals surface area (Å²) in [4.78, 5) is 35.8. The van der Waals surface area contributed by atoms with E-state index in [9.17, 15) is 14.7 Å². The summed E-state index contributed by atoms with van der Waals surface area (Å²) >= 11 is 0. The van der Waals surface area contributed by atoms with Gasteiger partial charge in [0, 0.05) is 49.8 Å². The molecule has 1 saturated carbocycles. The molecule has 2 aromatic carbocycles. The predicted octanol–water partition coefficient (Wildman–Crippen LogP) is 3.98. The number of piperidine rings is 1. The van der Waals surface area contributed by atoms with Crippen LogP contribution in [0.3, 0.4) is 0 Å². The van der Waals surface area contributed by atoms with Crippen LogP contribution in [0.25, 0.3) is 11.3 Å². The number of aromatic nitrogens is 2. The molecule has 6 rings (SSSR count). The van der Waals surface area contributed by atoms with Gasteiger partial charge >= 0.3 is 6.03 Å². The maximum Gasteiger partial charge on any atom is 0.320 e. The van der Waals surface area contributed by atoms with Crippen molar-refractivity contribution in [2.75, 3.05) is 32.7 Å². The molecule has 8 nitrogen and oxygen atoms in total. The molecule has 0 bridgehead atoms. The number of hydrogen-bond acceptors (Lipinski definition) is 5. The van der Waals surface area contributed by atoms with Crippen LogP contribution >= 0.6 is 0 Å². The Hall–Kier alpha value is -3.49. The van der Waals surface area contributed by atoms with Crippen LogP contribution in [0, 0.1) is 12.3 Å². The summed E-state index contributed by atoms with van der Waals surface area (Å²) < 4.78 is 1.56. The van der Waals surface area contributed by atoms with E-state index in [1.165, 1.54) is 0 Å². The number of nitrogens with one attached hydrogen (secondary N) is 1. The number of urea groups is 1. The normalized spacial score (nSPS) is 24.4. The van der Waals surface area contributed by atoms with Gasteiger partial charge in [-0.2, -0.15) is 0 Å². The number of aryl methyl sites for hydroxylation is 1. The summed E-state index contributed by atoms with van der Waals surface area (Å²) in [5.74, 6) is 0. The van der Waals surface area contributed by atoms with E-state index in [0.29, 0.717) is 31.7 Å². The van der Waals surface area contributed by atoms with Crippen molar-refractivity contribution in [3.05, 3.63) is 88.5 Å². The Balaban J connectivity index is 1.23. The molecule has 0 unspecified atom stereocenters. The maximum absolute atomic E-state index is 14.0. The molecular formula is C32H39N5O3. The molecule has 3 heterocycles. The molecule has 2 amide bonds. The summed E-state index contributed by atoms with van der Waals surface area (Å²) in [7, 11) is 0. The van der Waals surface area contributed by atoms with Crippen molar-refractivity contribution in [1.82, 2.24) is 24.7 Å². The first-order valence-electron chi connectivity index (χ1n) is 14.6. The second-order valence-electron chi connectivity index (χ2n) is 11.9. The van der Waals surface area contributed by atoms with Gasteiger partial charge < -0.3 is 20.2 Å². The molecule has 1 spiro atoms. The Morgan fingerprint density at radius 3 is 2.55 bits per heavy atom.